The van der Waals surface area contributed by atoms with Crippen molar-refractivity contribution in [3.05, 3.63) is 40.8 Å². The molecule has 110 valence electrons. The largest absolute Gasteiger partial charge is 0.478 e. The van der Waals surface area contributed by atoms with Gasteiger partial charge in [-0.3, -0.25) is 0 Å². The Morgan fingerprint density at radius 3 is 2.57 bits per heavy atom. The maximum atomic E-state index is 12.1. The molecule has 10 heteroatoms. The zero-order valence-electron chi connectivity index (χ0n) is 10.6. The number of nitrogens with one attached hydrogen (secondary N) is 1. The molecule has 0 aromatic carbocycles. The van der Waals surface area contributed by atoms with Gasteiger partial charge in [0.25, 0.3) is 10.0 Å². The molecule has 0 spiro atoms. The van der Waals surface area contributed by atoms with Crippen LogP contribution in [0, 0.1) is 6.92 Å². The average Bonchev–Trinajstić information content (AvgIpc) is 2.37. The van der Waals surface area contributed by atoms with Gasteiger partial charge in [-0.05, 0) is 25.1 Å². The molecule has 2 N–H and O–H groups in total. The first-order valence-corrected chi connectivity index (χ1v) is 7.37. The van der Waals surface area contributed by atoms with Crippen molar-refractivity contribution >= 4 is 33.5 Å². The van der Waals surface area contributed by atoms with Gasteiger partial charge in [-0.15, -0.1) is 0 Å². The molecule has 21 heavy (non-hydrogen) atoms. The van der Waals surface area contributed by atoms with Crippen LogP contribution >= 0.6 is 11.6 Å². The van der Waals surface area contributed by atoms with E-state index in [4.69, 9.17) is 16.7 Å². The maximum Gasteiger partial charge on any atom is 0.337 e. The second kappa shape index (κ2) is 5.62. The molecule has 0 saturated heterocycles. The van der Waals surface area contributed by atoms with Gasteiger partial charge in [-0.1, -0.05) is 11.6 Å². The quantitative estimate of drug-likeness (QED) is 0.812. The summed E-state index contributed by atoms with van der Waals surface area (Å²) in [5.74, 6) is -1.39. The molecule has 0 saturated carbocycles. The third-order valence-corrected chi connectivity index (χ3v) is 3.74. The monoisotopic (exact) mass is 328 g/mol. The molecule has 0 aliphatic heterocycles. The van der Waals surface area contributed by atoms with Crippen molar-refractivity contribution in [2.24, 2.45) is 0 Å². The summed E-state index contributed by atoms with van der Waals surface area (Å²) in [6.07, 6.45) is 0.945. The number of aromatic nitrogens is 3. The summed E-state index contributed by atoms with van der Waals surface area (Å²) in [6, 6.07) is 3.68. The predicted molar refractivity (Wildman–Crippen MR) is 73.8 cm³/mol. The molecule has 0 fully saturated rings. The summed E-state index contributed by atoms with van der Waals surface area (Å²) in [5.41, 5.74) is 0.366. The second-order valence-corrected chi connectivity index (χ2v) is 5.97. The van der Waals surface area contributed by atoms with Gasteiger partial charge in [0, 0.05) is 11.9 Å². The number of hydrogen-bond acceptors (Lipinski definition) is 6. The van der Waals surface area contributed by atoms with Crippen LogP contribution in [0.3, 0.4) is 0 Å². The van der Waals surface area contributed by atoms with Crippen molar-refractivity contribution in [2.45, 2.75) is 11.9 Å². The average molecular weight is 329 g/mol. The lowest BCUT2D eigenvalue weighted by Gasteiger charge is -2.06. The molecule has 0 amide bonds. The van der Waals surface area contributed by atoms with E-state index in [0.29, 0.717) is 5.69 Å². The minimum Gasteiger partial charge on any atom is -0.478 e. The van der Waals surface area contributed by atoms with Crippen molar-refractivity contribution in [1.82, 2.24) is 15.0 Å². The number of carboxylic acid groups (broad SMARTS) is 1. The van der Waals surface area contributed by atoms with Crippen LogP contribution in [0.2, 0.25) is 5.15 Å². The summed E-state index contributed by atoms with van der Waals surface area (Å²) in [4.78, 5) is 21.9. The van der Waals surface area contributed by atoms with Gasteiger partial charge >= 0.3 is 5.97 Å². The lowest BCUT2D eigenvalue weighted by Crippen LogP contribution is -2.17. The number of carboxylic acids is 1. The Hall–Kier alpha value is -2.26. The Morgan fingerprint density at radius 2 is 2.05 bits per heavy atom. The number of aryl methyl sites for hydroxylation is 1. The fourth-order valence-electron chi connectivity index (χ4n) is 1.41. The number of rotatable bonds is 4. The van der Waals surface area contributed by atoms with E-state index in [-0.39, 0.29) is 21.7 Å². The Bertz CT molecular complexity index is 772. The number of nitrogens with zero attached hydrogens (tertiary/aromatic N) is 3. The van der Waals surface area contributed by atoms with Crippen LogP contribution in [0.1, 0.15) is 16.1 Å². The van der Waals surface area contributed by atoms with Gasteiger partial charge in [0.05, 0.1) is 5.56 Å². The maximum absolute atomic E-state index is 12.1. The van der Waals surface area contributed by atoms with Crippen molar-refractivity contribution in [2.75, 3.05) is 4.72 Å². The second-order valence-electron chi connectivity index (χ2n) is 3.95. The number of aromatic carboxylic acids is 1. The normalized spacial score (nSPS) is 11.1. The van der Waals surface area contributed by atoms with Crippen molar-refractivity contribution in [3.8, 4) is 0 Å². The Morgan fingerprint density at radius 1 is 1.33 bits per heavy atom. The van der Waals surface area contributed by atoms with Crippen LogP contribution < -0.4 is 4.72 Å². The van der Waals surface area contributed by atoms with Crippen LogP contribution in [0.25, 0.3) is 0 Å². The van der Waals surface area contributed by atoms with Crippen molar-refractivity contribution in [1.29, 1.82) is 0 Å². The van der Waals surface area contributed by atoms with E-state index >= 15 is 0 Å². The number of carbonyl (C=O) groups is 1. The molecule has 0 atom stereocenters. The van der Waals surface area contributed by atoms with Gasteiger partial charge in [-0.25, -0.2) is 24.5 Å². The summed E-state index contributed by atoms with van der Waals surface area (Å²) >= 11 is 5.71. The standard InChI is InChI=1S/C11H9ClN4O4S/c1-6-4-8(12)15-11(14-6)16-21(19,20)9-3-2-7(5-13-9)10(17)18/h2-5H,1H3,(H,17,18)(H,14,15,16). The summed E-state index contributed by atoms with van der Waals surface area (Å²) < 4.78 is 26.2. The minimum atomic E-state index is -4.03. The van der Waals surface area contributed by atoms with Crippen LogP contribution in [0.4, 0.5) is 5.95 Å². The van der Waals surface area contributed by atoms with E-state index in [0.717, 1.165) is 18.3 Å². The molecule has 2 rings (SSSR count). The minimum absolute atomic E-state index is 0.0920. The lowest BCUT2D eigenvalue weighted by atomic mass is 10.3. The van der Waals surface area contributed by atoms with Gasteiger partial charge < -0.3 is 5.11 Å². The highest BCUT2D eigenvalue weighted by Gasteiger charge is 2.18. The number of halogens is 1. The van der Waals surface area contributed by atoms with E-state index in [1.165, 1.54) is 6.07 Å². The molecule has 0 aliphatic carbocycles. The summed E-state index contributed by atoms with van der Waals surface area (Å²) in [6.45, 7) is 1.63. The van der Waals surface area contributed by atoms with E-state index in [9.17, 15) is 13.2 Å². The fourth-order valence-corrected chi connectivity index (χ4v) is 2.53. The molecular weight excluding hydrogens is 320 g/mol. The molecule has 0 bridgehead atoms. The highest BCUT2D eigenvalue weighted by atomic mass is 35.5. The fraction of sp³-hybridized carbons (Fsp3) is 0.0909. The molecule has 0 unspecified atom stereocenters. The molecule has 2 aromatic heterocycles. The van der Waals surface area contributed by atoms with Gasteiger partial charge in [-0.2, -0.15) is 8.42 Å². The van der Waals surface area contributed by atoms with Crippen LogP contribution in [0.15, 0.2) is 29.4 Å². The molecule has 2 aromatic rings. The zero-order chi connectivity index (χ0) is 15.6. The van der Waals surface area contributed by atoms with E-state index in [2.05, 4.69) is 19.7 Å². The first-order chi connectivity index (χ1) is 9.78. The van der Waals surface area contributed by atoms with Crippen LogP contribution in [-0.4, -0.2) is 34.4 Å². The van der Waals surface area contributed by atoms with E-state index < -0.39 is 16.0 Å². The Labute approximate surface area is 124 Å². The van der Waals surface area contributed by atoms with E-state index in [1.807, 2.05) is 0 Å². The first-order valence-electron chi connectivity index (χ1n) is 5.51. The number of pyridine rings is 1. The predicted octanol–water partition coefficient (Wildman–Crippen LogP) is 1.33. The molecular formula is C11H9ClN4O4S. The van der Waals surface area contributed by atoms with Crippen molar-refractivity contribution in [3.63, 3.8) is 0 Å². The van der Waals surface area contributed by atoms with Crippen LogP contribution in [-0.2, 0) is 10.0 Å². The molecule has 2 heterocycles. The van der Waals surface area contributed by atoms with Gasteiger partial charge in [0.2, 0.25) is 5.95 Å². The molecule has 0 aliphatic rings. The lowest BCUT2D eigenvalue weighted by molar-refractivity contribution is 0.0696. The zero-order valence-corrected chi connectivity index (χ0v) is 12.2. The van der Waals surface area contributed by atoms with Gasteiger partial charge in [0.1, 0.15) is 5.15 Å². The van der Waals surface area contributed by atoms with Gasteiger partial charge in [0.15, 0.2) is 5.03 Å². The third-order valence-electron chi connectivity index (χ3n) is 2.31. The first kappa shape index (κ1) is 15.1. The number of hydrogen-bond donors (Lipinski definition) is 2. The SMILES string of the molecule is Cc1cc(Cl)nc(NS(=O)(=O)c2ccc(C(=O)O)cn2)n1. The Balaban J connectivity index is 2.31. The molecule has 8 nitrogen and oxygen atoms in total. The smallest absolute Gasteiger partial charge is 0.337 e. The highest BCUT2D eigenvalue weighted by Crippen LogP contribution is 2.14. The topological polar surface area (TPSA) is 122 Å². The highest BCUT2D eigenvalue weighted by molar-refractivity contribution is 7.92. The Kier molecular flexibility index (Phi) is 4.05. The van der Waals surface area contributed by atoms with Crippen LogP contribution in [0.5, 0.6) is 0 Å². The number of sulfonamides is 1. The summed E-state index contributed by atoms with van der Waals surface area (Å²) in [5, 5.41) is 8.47. The third kappa shape index (κ3) is 3.64. The molecule has 0 radical (unpaired) electrons. The number of anilines is 1. The summed E-state index contributed by atoms with van der Waals surface area (Å²) in [7, 11) is -4.03. The van der Waals surface area contributed by atoms with Crippen molar-refractivity contribution < 1.29 is 18.3 Å². The van der Waals surface area contributed by atoms with E-state index in [1.54, 1.807) is 6.92 Å².